The molecule has 1 aliphatic carbocycles. The number of alkyl halides is 2. The summed E-state index contributed by atoms with van der Waals surface area (Å²) < 4.78 is 38.3. The molecule has 1 aliphatic heterocycles. The van der Waals surface area contributed by atoms with E-state index in [4.69, 9.17) is 9.31 Å². The third kappa shape index (κ3) is 3.31. The van der Waals surface area contributed by atoms with Gasteiger partial charge >= 0.3 is 7.12 Å². The van der Waals surface area contributed by atoms with Gasteiger partial charge in [-0.25, -0.2) is 8.78 Å². The van der Waals surface area contributed by atoms with Gasteiger partial charge in [0.05, 0.1) is 11.2 Å². The van der Waals surface area contributed by atoms with Gasteiger partial charge in [0, 0.05) is 24.4 Å². The summed E-state index contributed by atoms with van der Waals surface area (Å²) in [7, 11) is -0.495. The van der Waals surface area contributed by atoms with Gasteiger partial charge in [0.1, 0.15) is 0 Å². The summed E-state index contributed by atoms with van der Waals surface area (Å²) in [5.74, 6) is -2.98. The van der Waals surface area contributed by atoms with Crippen molar-refractivity contribution in [3.8, 4) is 0 Å². The molecule has 1 amide bonds. The van der Waals surface area contributed by atoms with Crippen molar-refractivity contribution in [2.75, 3.05) is 0 Å². The van der Waals surface area contributed by atoms with E-state index in [1.54, 1.807) is 12.1 Å². The fourth-order valence-corrected chi connectivity index (χ4v) is 3.66. The van der Waals surface area contributed by atoms with Crippen LogP contribution < -0.4 is 10.8 Å². The first kappa shape index (κ1) is 19.3. The lowest BCUT2D eigenvalue weighted by Crippen LogP contribution is -2.50. The molecule has 1 heterocycles. The summed E-state index contributed by atoms with van der Waals surface area (Å²) in [4.78, 5) is 12.4. The maximum atomic E-state index is 13.0. The molecular formula is C21H24BF2NO3. The zero-order valence-electron chi connectivity index (χ0n) is 16.5. The van der Waals surface area contributed by atoms with E-state index >= 15 is 0 Å². The van der Waals surface area contributed by atoms with Crippen molar-refractivity contribution in [2.24, 2.45) is 0 Å². The Kier molecular flexibility index (Phi) is 4.32. The zero-order valence-corrected chi connectivity index (χ0v) is 16.5. The third-order valence-corrected chi connectivity index (χ3v) is 6.11. The monoisotopic (exact) mass is 387 g/mol. The summed E-state index contributed by atoms with van der Waals surface area (Å²) >= 11 is 0. The first-order valence-electron chi connectivity index (χ1n) is 9.54. The van der Waals surface area contributed by atoms with Crippen molar-refractivity contribution in [1.82, 2.24) is 5.32 Å². The minimum atomic E-state index is -2.65. The molecular weight excluding hydrogens is 363 g/mol. The average molecular weight is 387 g/mol. The van der Waals surface area contributed by atoms with Crippen LogP contribution >= 0.6 is 0 Å². The second-order valence-corrected chi connectivity index (χ2v) is 8.81. The lowest BCUT2D eigenvalue weighted by molar-refractivity contribution is -0.0901. The van der Waals surface area contributed by atoms with Crippen LogP contribution in [0.3, 0.4) is 0 Å². The summed E-state index contributed by atoms with van der Waals surface area (Å²) in [5, 5.41) is 4.49. The van der Waals surface area contributed by atoms with Crippen molar-refractivity contribution in [3.63, 3.8) is 0 Å². The van der Waals surface area contributed by atoms with Crippen LogP contribution in [-0.4, -0.2) is 36.2 Å². The SMILES string of the molecule is CC1(C)OB(c2cccc3cc(C(=O)NC4CC(F)(F)C4)ccc23)OC1(C)C. The Hall–Kier alpha value is -1.99. The molecule has 4 rings (SSSR count). The Balaban J connectivity index is 1.58. The van der Waals surface area contributed by atoms with E-state index in [0.717, 1.165) is 16.2 Å². The number of benzene rings is 2. The number of hydrogen-bond acceptors (Lipinski definition) is 3. The van der Waals surface area contributed by atoms with Crippen LogP contribution in [0.15, 0.2) is 36.4 Å². The Labute approximate surface area is 163 Å². The first-order valence-corrected chi connectivity index (χ1v) is 9.54. The standard InChI is InChI=1S/C21H24BF2NO3/c1-19(2)20(3,4)28-22(27-19)17-7-5-6-13-10-14(8-9-16(13)17)18(26)25-15-11-21(23,24)12-15/h5-10,15H,11-12H2,1-4H3,(H,25,26). The van der Waals surface area contributed by atoms with Gasteiger partial charge in [-0.15, -0.1) is 0 Å². The van der Waals surface area contributed by atoms with Gasteiger partial charge in [0.15, 0.2) is 0 Å². The fourth-order valence-electron chi connectivity index (χ4n) is 3.66. The predicted octanol–water partition coefficient (Wildman–Crippen LogP) is 3.67. The van der Waals surface area contributed by atoms with Crippen LogP contribution in [-0.2, 0) is 9.31 Å². The largest absolute Gasteiger partial charge is 0.495 e. The topological polar surface area (TPSA) is 47.6 Å². The van der Waals surface area contributed by atoms with Crippen LogP contribution in [0.1, 0.15) is 50.9 Å². The van der Waals surface area contributed by atoms with E-state index in [9.17, 15) is 13.6 Å². The molecule has 0 spiro atoms. The van der Waals surface area contributed by atoms with E-state index in [0.29, 0.717) is 5.56 Å². The second kappa shape index (κ2) is 6.26. The van der Waals surface area contributed by atoms with Gasteiger partial charge < -0.3 is 14.6 Å². The first-order chi connectivity index (χ1) is 13.0. The van der Waals surface area contributed by atoms with Crippen molar-refractivity contribution < 1.29 is 22.9 Å². The second-order valence-electron chi connectivity index (χ2n) is 8.81. The number of rotatable bonds is 3. The predicted molar refractivity (Wildman–Crippen MR) is 105 cm³/mol. The smallest absolute Gasteiger partial charge is 0.399 e. The van der Waals surface area contributed by atoms with E-state index in [2.05, 4.69) is 5.32 Å². The minimum absolute atomic E-state index is 0.293. The summed E-state index contributed by atoms with van der Waals surface area (Å²) in [6.07, 6.45) is -0.587. The number of carbonyl (C=O) groups excluding carboxylic acids is 1. The molecule has 0 radical (unpaired) electrons. The molecule has 2 aromatic rings. The quantitative estimate of drug-likeness (QED) is 0.818. The van der Waals surface area contributed by atoms with E-state index < -0.39 is 30.3 Å². The maximum Gasteiger partial charge on any atom is 0.495 e. The molecule has 0 unspecified atom stereocenters. The number of halogens is 2. The molecule has 1 saturated carbocycles. The van der Waals surface area contributed by atoms with Crippen LogP contribution in [0.5, 0.6) is 0 Å². The average Bonchev–Trinajstić information content (AvgIpc) is 2.79. The van der Waals surface area contributed by atoms with Crippen molar-refractivity contribution >= 4 is 29.3 Å². The van der Waals surface area contributed by atoms with Gasteiger partial charge in [-0.3, -0.25) is 4.79 Å². The number of nitrogens with one attached hydrogen (secondary N) is 1. The van der Waals surface area contributed by atoms with Gasteiger partial charge in [0.2, 0.25) is 0 Å². The minimum Gasteiger partial charge on any atom is -0.399 e. The van der Waals surface area contributed by atoms with Crippen LogP contribution in [0.25, 0.3) is 10.8 Å². The molecule has 1 N–H and O–H groups in total. The number of carbonyl (C=O) groups is 1. The molecule has 148 valence electrons. The van der Waals surface area contributed by atoms with Crippen molar-refractivity contribution in [3.05, 3.63) is 42.0 Å². The molecule has 2 fully saturated rings. The van der Waals surface area contributed by atoms with Gasteiger partial charge in [-0.2, -0.15) is 0 Å². The Morgan fingerprint density at radius 1 is 1.07 bits per heavy atom. The number of fused-ring (bicyclic) bond motifs is 1. The maximum absolute atomic E-state index is 13.0. The van der Waals surface area contributed by atoms with E-state index in [1.807, 2.05) is 52.0 Å². The Morgan fingerprint density at radius 2 is 1.71 bits per heavy atom. The highest BCUT2D eigenvalue weighted by Gasteiger charge is 2.52. The Morgan fingerprint density at radius 3 is 2.32 bits per heavy atom. The van der Waals surface area contributed by atoms with Crippen LogP contribution in [0.2, 0.25) is 0 Å². The molecule has 1 saturated heterocycles. The Bertz CT molecular complexity index is 920. The molecule has 2 aliphatic rings. The molecule has 0 bridgehead atoms. The van der Waals surface area contributed by atoms with Crippen LogP contribution in [0.4, 0.5) is 8.78 Å². The molecule has 2 aromatic carbocycles. The normalized spacial score (nSPS) is 22.9. The highest BCUT2D eigenvalue weighted by Crippen LogP contribution is 2.38. The van der Waals surface area contributed by atoms with E-state index in [-0.39, 0.29) is 18.7 Å². The van der Waals surface area contributed by atoms with Crippen LogP contribution in [0, 0.1) is 0 Å². The molecule has 0 atom stereocenters. The third-order valence-electron chi connectivity index (χ3n) is 6.11. The molecule has 0 aromatic heterocycles. The zero-order chi connectivity index (χ0) is 20.3. The fraction of sp³-hybridized carbons (Fsp3) is 0.476. The molecule has 7 heteroatoms. The lowest BCUT2D eigenvalue weighted by atomic mass is 9.76. The van der Waals surface area contributed by atoms with Gasteiger partial charge in [-0.1, -0.05) is 24.3 Å². The molecule has 4 nitrogen and oxygen atoms in total. The van der Waals surface area contributed by atoms with Gasteiger partial charge in [-0.05, 0) is 56.1 Å². The van der Waals surface area contributed by atoms with Crippen molar-refractivity contribution in [2.45, 2.75) is 63.7 Å². The number of amides is 1. The molecule has 28 heavy (non-hydrogen) atoms. The summed E-state index contributed by atoms with van der Waals surface area (Å²) in [6, 6.07) is 10.7. The number of hydrogen-bond donors (Lipinski definition) is 1. The van der Waals surface area contributed by atoms with Gasteiger partial charge in [0.25, 0.3) is 11.8 Å². The van der Waals surface area contributed by atoms with E-state index in [1.165, 1.54) is 0 Å². The van der Waals surface area contributed by atoms with Crippen molar-refractivity contribution in [1.29, 1.82) is 0 Å². The lowest BCUT2D eigenvalue weighted by Gasteiger charge is -2.35. The highest BCUT2D eigenvalue weighted by atomic mass is 19.3. The summed E-state index contributed by atoms with van der Waals surface area (Å²) in [6.45, 7) is 8.02. The highest BCUT2D eigenvalue weighted by molar-refractivity contribution is 6.65. The summed E-state index contributed by atoms with van der Waals surface area (Å²) in [5.41, 5.74) is 0.477.